The highest BCUT2D eigenvalue weighted by molar-refractivity contribution is 7.92. The minimum Gasteiger partial charge on any atom is -0.616 e. The highest BCUT2D eigenvalue weighted by Gasteiger charge is 2.28. The van der Waals surface area contributed by atoms with E-state index in [9.17, 15) is 4.55 Å². The predicted octanol–water partition coefficient (Wildman–Crippen LogP) is 1.70. The van der Waals surface area contributed by atoms with Gasteiger partial charge in [-0.05, 0) is 44.3 Å². The summed E-state index contributed by atoms with van der Waals surface area (Å²) in [7, 11) is 0. The first kappa shape index (κ1) is 7.42. The summed E-state index contributed by atoms with van der Waals surface area (Å²) in [5, 5.41) is 0.905. The molecule has 0 aromatic rings. The molecule has 1 aliphatic rings. The molecule has 1 saturated heterocycles. The molecule has 3 atom stereocenters. The van der Waals surface area contributed by atoms with Gasteiger partial charge in [0.25, 0.3) is 0 Å². The highest BCUT2D eigenvalue weighted by atomic mass is 32.2. The first-order chi connectivity index (χ1) is 4.22. The van der Waals surface area contributed by atoms with Crippen molar-refractivity contribution in [1.29, 1.82) is 0 Å². The Morgan fingerprint density at radius 2 is 1.67 bits per heavy atom. The average molecular weight is 146 g/mol. The maximum absolute atomic E-state index is 11.2. The molecule has 9 heavy (non-hydrogen) atoms. The first-order valence-corrected chi connectivity index (χ1v) is 4.89. The summed E-state index contributed by atoms with van der Waals surface area (Å²) >= 11 is -0.530. The predicted molar refractivity (Wildman–Crippen MR) is 40.9 cm³/mol. The quantitative estimate of drug-likeness (QED) is 0.477. The van der Waals surface area contributed by atoms with Gasteiger partial charge in [0.05, 0.1) is 0 Å². The Morgan fingerprint density at radius 3 is 2.00 bits per heavy atom. The second-order valence-electron chi connectivity index (χ2n) is 2.88. The highest BCUT2D eigenvalue weighted by Crippen LogP contribution is 2.24. The minimum atomic E-state index is -0.530. The number of rotatable bonds is 0. The molecule has 0 aliphatic carbocycles. The molecule has 1 nitrogen and oxygen atoms in total. The first-order valence-electron chi connectivity index (χ1n) is 3.61. The van der Waals surface area contributed by atoms with Crippen LogP contribution in [-0.4, -0.2) is 15.1 Å². The summed E-state index contributed by atoms with van der Waals surface area (Å²) < 4.78 is 11.2. The van der Waals surface area contributed by atoms with Crippen molar-refractivity contribution < 1.29 is 4.55 Å². The van der Waals surface area contributed by atoms with Crippen LogP contribution in [0.25, 0.3) is 0 Å². The lowest BCUT2D eigenvalue weighted by molar-refractivity contribution is 0.521. The molecule has 1 rings (SSSR count). The summed E-state index contributed by atoms with van der Waals surface area (Å²) in [6.45, 7) is 4.18. The van der Waals surface area contributed by atoms with E-state index in [4.69, 9.17) is 0 Å². The van der Waals surface area contributed by atoms with Gasteiger partial charge in [0, 0.05) is 0 Å². The van der Waals surface area contributed by atoms with Gasteiger partial charge in [-0.1, -0.05) is 0 Å². The minimum absolute atomic E-state index is 0.453. The smallest absolute Gasteiger partial charge is 0.113 e. The molecule has 2 heteroatoms. The van der Waals surface area contributed by atoms with Crippen LogP contribution in [0.1, 0.15) is 33.1 Å². The molecule has 0 bridgehead atoms. The Labute approximate surface area is 60.0 Å². The van der Waals surface area contributed by atoms with E-state index < -0.39 is 11.2 Å². The van der Waals surface area contributed by atoms with Crippen LogP contribution in [0, 0.1) is 0 Å². The molecule has 0 saturated carbocycles. The van der Waals surface area contributed by atoms with Gasteiger partial charge in [0.15, 0.2) is 0 Å². The van der Waals surface area contributed by atoms with Gasteiger partial charge in [-0.15, -0.1) is 0 Å². The van der Waals surface area contributed by atoms with E-state index in [-0.39, 0.29) is 0 Å². The van der Waals surface area contributed by atoms with E-state index >= 15 is 0 Å². The Kier molecular flexibility index (Phi) is 2.42. The maximum Gasteiger partial charge on any atom is 0.113 e. The van der Waals surface area contributed by atoms with Crippen molar-refractivity contribution >= 4 is 11.2 Å². The zero-order chi connectivity index (χ0) is 6.85. The largest absolute Gasteiger partial charge is 0.616 e. The molecular weight excluding hydrogens is 132 g/mol. The second kappa shape index (κ2) is 2.93. The van der Waals surface area contributed by atoms with Crippen molar-refractivity contribution in [2.24, 2.45) is 0 Å². The molecular formula is C7H14OS. The standard InChI is InChI=1S/C7H14OS/c1-6-4-3-5-7(2)9(6)8/h6-7H,3-5H2,1-2H3/t6-,7?,9?/m0/s1. The topological polar surface area (TPSA) is 23.1 Å². The molecule has 0 N–H and O–H groups in total. The third-order valence-corrected chi connectivity index (χ3v) is 4.07. The number of hydrogen-bond donors (Lipinski definition) is 0. The fourth-order valence-corrected chi connectivity index (χ4v) is 2.91. The van der Waals surface area contributed by atoms with Crippen molar-refractivity contribution in [3.05, 3.63) is 0 Å². The van der Waals surface area contributed by atoms with Gasteiger partial charge in [-0.25, -0.2) is 0 Å². The normalized spacial score (nSPS) is 45.0. The van der Waals surface area contributed by atoms with Gasteiger partial charge in [-0.2, -0.15) is 0 Å². The van der Waals surface area contributed by atoms with Crippen LogP contribution in [0.5, 0.6) is 0 Å². The van der Waals surface area contributed by atoms with E-state index in [2.05, 4.69) is 13.8 Å². The van der Waals surface area contributed by atoms with Crippen molar-refractivity contribution in [3.8, 4) is 0 Å². The SMILES string of the molecule is CC1CCC[C@H](C)[S+]1[O-]. The molecule has 0 aromatic heterocycles. The second-order valence-corrected chi connectivity index (χ2v) is 5.15. The van der Waals surface area contributed by atoms with Crippen LogP contribution in [0.3, 0.4) is 0 Å². The van der Waals surface area contributed by atoms with E-state index in [0.717, 1.165) is 12.8 Å². The molecule has 0 aromatic carbocycles. The van der Waals surface area contributed by atoms with Crippen LogP contribution in [0.15, 0.2) is 0 Å². The van der Waals surface area contributed by atoms with Gasteiger partial charge < -0.3 is 4.55 Å². The molecule has 1 aliphatic heterocycles. The Balaban J connectivity index is 2.41. The van der Waals surface area contributed by atoms with Crippen molar-refractivity contribution in [2.75, 3.05) is 0 Å². The van der Waals surface area contributed by atoms with Crippen molar-refractivity contribution in [2.45, 2.75) is 43.6 Å². The molecule has 1 fully saturated rings. The zero-order valence-electron chi connectivity index (χ0n) is 6.09. The van der Waals surface area contributed by atoms with Gasteiger partial charge in [0.2, 0.25) is 0 Å². The third kappa shape index (κ3) is 1.62. The fourth-order valence-electron chi connectivity index (χ4n) is 1.32. The van der Waals surface area contributed by atoms with Crippen LogP contribution in [0.2, 0.25) is 0 Å². The average Bonchev–Trinajstić information content (AvgIpc) is 1.83. The summed E-state index contributed by atoms with van der Waals surface area (Å²) in [5.41, 5.74) is 0. The van der Waals surface area contributed by atoms with Crippen molar-refractivity contribution in [3.63, 3.8) is 0 Å². The van der Waals surface area contributed by atoms with E-state index in [0.29, 0.717) is 10.5 Å². The molecule has 54 valence electrons. The maximum atomic E-state index is 11.2. The summed E-state index contributed by atoms with van der Waals surface area (Å²) in [6.07, 6.45) is 3.60. The van der Waals surface area contributed by atoms with E-state index in [1.54, 1.807) is 0 Å². The lowest BCUT2D eigenvalue weighted by Crippen LogP contribution is -2.32. The monoisotopic (exact) mass is 146 g/mol. The molecule has 0 amide bonds. The molecule has 0 spiro atoms. The third-order valence-electron chi connectivity index (χ3n) is 2.01. The summed E-state index contributed by atoms with van der Waals surface area (Å²) in [6, 6.07) is 0. The van der Waals surface area contributed by atoms with Crippen LogP contribution < -0.4 is 0 Å². The molecule has 0 radical (unpaired) electrons. The molecule has 1 heterocycles. The summed E-state index contributed by atoms with van der Waals surface area (Å²) in [4.78, 5) is 0. The van der Waals surface area contributed by atoms with Crippen LogP contribution >= 0.6 is 0 Å². The van der Waals surface area contributed by atoms with Gasteiger partial charge in [0.1, 0.15) is 10.5 Å². The Bertz CT molecular complexity index is 84.9. The Morgan fingerprint density at radius 1 is 1.22 bits per heavy atom. The zero-order valence-corrected chi connectivity index (χ0v) is 6.91. The van der Waals surface area contributed by atoms with E-state index in [1.165, 1.54) is 6.42 Å². The van der Waals surface area contributed by atoms with Gasteiger partial charge in [-0.3, -0.25) is 0 Å². The Hall–Kier alpha value is 0.310. The lowest BCUT2D eigenvalue weighted by atomic mass is 10.1. The molecule has 2 unspecified atom stereocenters. The summed E-state index contributed by atoms with van der Waals surface area (Å²) in [5.74, 6) is 0. The lowest BCUT2D eigenvalue weighted by Gasteiger charge is -2.28. The van der Waals surface area contributed by atoms with Crippen LogP contribution in [0.4, 0.5) is 0 Å². The van der Waals surface area contributed by atoms with Crippen molar-refractivity contribution in [1.82, 2.24) is 0 Å². The van der Waals surface area contributed by atoms with Gasteiger partial charge >= 0.3 is 0 Å². The fraction of sp³-hybridized carbons (Fsp3) is 1.00. The van der Waals surface area contributed by atoms with Crippen LogP contribution in [-0.2, 0) is 11.2 Å². The van der Waals surface area contributed by atoms with E-state index in [1.807, 2.05) is 0 Å². The number of hydrogen-bond acceptors (Lipinski definition) is 1.